The van der Waals surface area contributed by atoms with Gasteiger partial charge in [0.05, 0.1) is 12.6 Å². The zero-order chi connectivity index (χ0) is 21.0. The minimum absolute atomic E-state index is 0.0574. The standard InChI is InChI=1S/C22H25F3N2O2/c1-15(16-3-8-19(24)20(25)13-16)27(2)21(28)14-26-22(9-11-29-12-10-22)17-4-6-18(23)7-5-17/h3-8,13,15,26H,9-12,14H2,1-2H3. The Morgan fingerprint density at radius 1 is 1.10 bits per heavy atom. The first-order chi connectivity index (χ1) is 13.8. The molecule has 1 fully saturated rings. The molecule has 29 heavy (non-hydrogen) atoms. The van der Waals surface area contributed by atoms with E-state index in [1.807, 2.05) is 0 Å². The molecule has 156 valence electrons. The Labute approximate surface area is 168 Å². The third-order valence-electron chi connectivity index (χ3n) is 5.72. The van der Waals surface area contributed by atoms with Crippen molar-refractivity contribution in [3.8, 4) is 0 Å². The van der Waals surface area contributed by atoms with Crippen LogP contribution in [0.25, 0.3) is 0 Å². The Balaban J connectivity index is 1.70. The molecule has 1 aliphatic heterocycles. The van der Waals surface area contributed by atoms with E-state index in [1.165, 1.54) is 23.1 Å². The van der Waals surface area contributed by atoms with E-state index in [4.69, 9.17) is 4.74 Å². The number of carbonyl (C=O) groups excluding carboxylic acids is 1. The van der Waals surface area contributed by atoms with Crippen molar-refractivity contribution < 1.29 is 22.7 Å². The molecule has 1 aliphatic rings. The summed E-state index contributed by atoms with van der Waals surface area (Å²) >= 11 is 0. The van der Waals surface area contributed by atoms with Crippen LogP contribution in [0, 0.1) is 17.5 Å². The van der Waals surface area contributed by atoms with E-state index >= 15 is 0 Å². The Morgan fingerprint density at radius 2 is 1.76 bits per heavy atom. The van der Waals surface area contributed by atoms with Crippen LogP contribution in [0.1, 0.15) is 36.9 Å². The van der Waals surface area contributed by atoms with Gasteiger partial charge in [0, 0.05) is 25.8 Å². The Morgan fingerprint density at radius 3 is 2.38 bits per heavy atom. The zero-order valence-corrected chi connectivity index (χ0v) is 16.6. The second-order valence-corrected chi connectivity index (χ2v) is 7.41. The largest absolute Gasteiger partial charge is 0.381 e. The van der Waals surface area contributed by atoms with Crippen LogP contribution in [0.15, 0.2) is 42.5 Å². The number of nitrogens with one attached hydrogen (secondary N) is 1. The van der Waals surface area contributed by atoms with Crippen LogP contribution >= 0.6 is 0 Å². The molecule has 0 bridgehead atoms. The smallest absolute Gasteiger partial charge is 0.236 e. The number of hydrogen-bond donors (Lipinski definition) is 1. The molecule has 0 saturated carbocycles. The number of halogens is 3. The van der Waals surface area contributed by atoms with Gasteiger partial charge in [-0.2, -0.15) is 0 Å². The summed E-state index contributed by atoms with van der Waals surface area (Å²) in [5, 5.41) is 3.35. The van der Waals surface area contributed by atoms with Gasteiger partial charge in [-0.05, 0) is 55.2 Å². The third-order valence-corrected chi connectivity index (χ3v) is 5.72. The lowest BCUT2D eigenvalue weighted by Gasteiger charge is -2.39. The van der Waals surface area contributed by atoms with Crippen LogP contribution in [-0.4, -0.2) is 37.6 Å². The monoisotopic (exact) mass is 406 g/mol. The molecule has 1 saturated heterocycles. The van der Waals surface area contributed by atoms with Crippen LogP contribution in [0.2, 0.25) is 0 Å². The highest BCUT2D eigenvalue weighted by Gasteiger charge is 2.35. The highest BCUT2D eigenvalue weighted by atomic mass is 19.2. The summed E-state index contributed by atoms with van der Waals surface area (Å²) in [6.07, 6.45) is 1.32. The predicted molar refractivity (Wildman–Crippen MR) is 104 cm³/mol. The average Bonchev–Trinajstić information content (AvgIpc) is 2.74. The number of nitrogens with zero attached hydrogens (tertiary/aromatic N) is 1. The van der Waals surface area contributed by atoms with E-state index < -0.39 is 23.2 Å². The SMILES string of the molecule is CC(c1ccc(F)c(F)c1)N(C)C(=O)CNC1(c2ccc(F)cc2)CCOCC1. The van der Waals surface area contributed by atoms with Gasteiger partial charge in [0.15, 0.2) is 11.6 Å². The second-order valence-electron chi connectivity index (χ2n) is 7.41. The van der Waals surface area contributed by atoms with Crippen LogP contribution in [0.3, 0.4) is 0 Å². The lowest BCUT2D eigenvalue weighted by atomic mass is 9.82. The quantitative estimate of drug-likeness (QED) is 0.791. The van der Waals surface area contributed by atoms with Gasteiger partial charge in [0.1, 0.15) is 5.82 Å². The van der Waals surface area contributed by atoms with Crippen molar-refractivity contribution in [3.05, 3.63) is 71.0 Å². The number of likely N-dealkylation sites (N-methyl/N-ethyl adjacent to an activating group) is 1. The number of carbonyl (C=O) groups is 1. The van der Waals surface area contributed by atoms with Gasteiger partial charge < -0.3 is 9.64 Å². The highest BCUT2D eigenvalue weighted by Crippen LogP contribution is 2.32. The molecule has 3 rings (SSSR count). The molecule has 1 atom stereocenters. The van der Waals surface area contributed by atoms with Gasteiger partial charge >= 0.3 is 0 Å². The van der Waals surface area contributed by atoms with E-state index in [2.05, 4.69) is 5.32 Å². The first kappa shape index (κ1) is 21.3. The molecule has 1 heterocycles. The van der Waals surface area contributed by atoms with Crippen molar-refractivity contribution in [2.45, 2.75) is 31.3 Å². The fourth-order valence-corrected chi connectivity index (χ4v) is 3.64. The molecule has 2 aromatic carbocycles. The van der Waals surface area contributed by atoms with E-state index in [0.717, 1.165) is 17.7 Å². The van der Waals surface area contributed by atoms with Crippen molar-refractivity contribution in [3.63, 3.8) is 0 Å². The molecule has 1 N–H and O–H groups in total. The van der Waals surface area contributed by atoms with E-state index in [1.54, 1.807) is 26.1 Å². The average molecular weight is 406 g/mol. The van der Waals surface area contributed by atoms with E-state index in [-0.39, 0.29) is 18.3 Å². The lowest BCUT2D eigenvalue weighted by Crippen LogP contribution is -2.50. The number of amides is 1. The molecule has 0 aliphatic carbocycles. The number of ether oxygens (including phenoxy) is 1. The fraction of sp³-hybridized carbons (Fsp3) is 0.409. The van der Waals surface area contributed by atoms with Gasteiger partial charge in [0.25, 0.3) is 0 Å². The summed E-state index contributed by atoms with van der Waals surface area (Å²) in [7, 11) is 1.63. The Bertz CT molecular complexity index is 852. The van der Waals surface area contributed by atoms with E-state index in [9.17, 15) is 18.0 Å². The van der Waals surface area contributed by atoms with Crippen LogP contribution in [-0.2, 0) is 15.1 Å². The van der Waals surface area contributed by atoms with Crippen molar-refractivity contribution in [1.29, 1.82) is 0 Å². The summed E-state index contributed by atoms with van der Waals surface area (Å²) in [5.41, 5.74) is 0.943. The summed E-state index contributed by atoms with van der Waals surface area (Å²) in [4.78, 5) is 14.3. The molecule has 0 radical (unpaired) electrons. The van der Waals surface area contributed by atoms with Gasteiger partial charge in [-0.1, -0.05) is 18.2 Å². The molecule has 0 aromatic heterocycles. The number of benzene rings is 2. The first-order valence-electron chi connectivity index (χ1n) is 9.62. The number of rotatable bonds is 6. The Hall–Kier alpha value is -2.38. The fourth-order valence-electron chi connectivity index (χ4n) is 3.64. The molecule has 1 amide bonds. The van der Waals surface area contributed by atoms with Crippen molar-refractivity contribution in [1.82, 2.24) is 10.2 Å². The molecule has 0 spiro atoms. The van der Waals surface area contributed by atoms with Crippen molar-refractivity contribution in [2.24, 2.45) is 0 Å². The lowest BCUT2D eigenvalue weighted by molar-refractivity contribution is -0.131. The highest BCUT2D eigenvalue weighted by molar-refractivity contribution is 5.78. The van der Waals surface area contributed by atoms with Gasteiger partial charge in [0.2, 0.25) is 5.91 Å². The summed E-state index contributed by atoms with van der Waals surface area (Å²) in [6.45, 7) is 2.90. The van der Waals surface area contributed by atoms with Crippen LogP contribution < -0.4 is 5.32 Å². The first-order valence-corrected chi connectivity index (χ1v) is 9.62. The number of hydrogen-bond acceptors (Lipinski definition) is 3. The van der Waals surface area contributed by atoms with Crippen LogP contribution in [0.4, 0.5) is 13.2 Å². The molecular weight excluding hydrogens is 381 g/mol. The Kier molecular flexibility index (Phi) is 6.59. The van der Waals surface area contributed by atoms with Crippen molar-refractivity contribution in [2.75, 3.05) is 26.8 Å². The predicted octanol–water partition coefficient (Wildman–Crippen LogP) is 3.92. The molecule has 4 nitrogen and oxygen atoms in total. The van der Waals surface area contributed by atoms with Crippen LogP contribution in [0.5, 0.6) is 0 Å². The van der Waals surface area contributed by atoms with E-state index in [0.29, 0.717) is 31.6 Å². The minimum atomic E-state index is -0.939. The minimum Gasteiger partial charge on any atom is -0.381 e. The molecule has 2 aromatic rings. The third kappa shape index (κ3) is 4.79. The topological polar surface area (TPSA) is 41.6 Å². The summed E-state index contributed by atoms with van der Waals surface area (Å²) in [5.74, 6) is -2.36. The molecule has 7 heteroatoms. The van der Waals surface area contributed by atoms with Gasteiger partial charge in [-0.3, -0.25) is 10.1 Å². The second kappa shape index (κ2) is 8.97. The maximum Gasteiger partial charge on any atom is 0.236 e. The van der Waals surface area contributed by atoms with Gasteiger partial charge in [-0.15, -0.1) is 0 Å². The zero-order valence-electron chi connectivity index (χ0n) is 16.6. The van der Waals surface area contributed by atoms with Gasteiger partial charge in [-0.25, -0.2) is 13.2 Å². The maximum atomic E-state index is 13.5. The normalized spacial score (nSPS) is 17.0. The summed E-state index contributed by atoms with van der Waals surface area (Å²) in [6, 6.07) is 9.49. The maximum absolute atomic E-state index is 13.5. The van der Waals surface area contributed by atoms with Crippen molar-refractivity contribution >= 4 is 5.91 Å². The molecule has 1 unspecified atom stereocenters. The molecular formula is C22H25F3N2O2. The summed E-state index contributed by atoms with van der Waals surface area (Å²) < 4.78 is 45.5.